The van der Waals surface area contributed by atoms with Crippen molar-refractivity contribution in [3.63, 3.8) is 0 Å². The van der Waals surface area contributed by atoms with Gasteiger partial charge in [-0.15, -0.1) is 5.10 Å². The molecule has 1 amide bonds. The molecule has 1 saturated carbocycles. The molecule has 1 aliphatic carbocycles. The number of pyridine rings is 1. The summed E-state index contributed by atoms with van der Waals surface area (Å²) in [6.07, 6.45) is 2.45. The van der Waals surface area contributed by atoms with Crippen molar-refractivity contribution in [2.75, 3.05) is 26.0 Å². The van der Waals surface area contributed by atoms with E-state index in [1.165, 1.54) is 0 Å². The average molecular weight is 379 g/mol. The number of ether oxygens (including phenoxy) is 1. The lowest BCUT2D eigenvalue weighted by Crippen LogP contribution is -2.35. The topological polar surface area (TPSA) is 80.5 Å². The number of rotatable bonds is 7. The maximum absolute atomic E-state index is 12.7. The van der Waals surface area contributed by atoms with Crippen molar-refractivity contribution in [1.29, 1.82) is 0 Å². The van der Waals surface area contributed by atoms with Crippen LogP contribution in [0.1, 0.15) is 32.0 Å². The zero-order chi connectivity index (χ0) is 19.7. The third-order valence-electron chi connectivity index (χ3n) is 5.29. The minimum absolute atomic E-state index is 0.0177. The third-order valence-corrected chi connectivity index (χ3v) is 5.29. The zero-order valence-electron chi connectivity index (χ0n) is 16.5. The van der Waals surface area contributed by atoms with Crippen molar-refractivity contribution in [1.82, 2.24) is 19.9 Å². The van der Waals surface area contributed by atoms with Gasteiger partial charge in [0.05, 0.1) is 12.8 Å². The first-order valence-corrected chi connectivity index (χ1v) is 9.63. The maximum atomic E-state index is 12.7. The fourth-order valence-electron chi connectivity index (χ4n) is 3.41. The van der Waals surface area contributed by atoms with E-state index in [0.717, 1.165) is 36.2 Å². The standard InChI is InChI=1S/C21H25N5O2/c1-4-13-23-20(27)21(11-12-21)19-24-18-17(28-3)10-9-16(26(18)25-19)14-5-7-15(22-2)8-6-14/h5-10,22H,4,11-13H2,1-3H3,(H,23,27). The molecule has 0 unspecified atom stereocenters. The van der Waals surface area contributed by atoms with E-state index in [1.807, 2.05) is 50.4 Å². The number of hydrogen-bond donors (Lipinski definition) is 2. The average Bonchev–Trinajstić information content (AvgIpc) is 3.43. The van der Waals surface area contributed by atoms with Crippen molar-refractivity contribution in [3.05, 3.63) is 42.2 Å². The number of carbonyl (C=O) groups excluding carboxylic acids is 1. The number of carbonyl (C=O) groups is 1. The predicted molar refractivity (Wildman–Crippen MR) is 109 cm³/mol. The van der Waals surface area contributed by atoms with Gasteiger partial charge in [0.25, 0.3) is 0 Å². The second kappa shape index (κ2) is 7.14. The van der Waals surface area contributed by atoms with Crippen LogP contribution < -0.4 is 15.4 Å². The summed E-state index contributed by atoms with van der Waals surface area (Å²) < 4.78 is 7.28. The number of methoxy groups -OCH3 is 1. The number of nitrogens with zero attached hydrogens (tertiary/aromatic N) is 3. The molecule has 2 aromatic heterocycles. The van der Waals surface area contributed by atoms with E-state index in [1.54, 1.807) is 11.6 Å². The van der Waals surface area contributed by atoms with Crippen LogP contribution in [-0.4, -0.2) is 41.2 Å². The molecule has 0 radical (unpaired) electrons. The van der Waals surface area contributed by atoms with E-state index in [-0.39, 0.29) is 5.91 Å². The van der Waals surface area contributed by atoms with Crippen LogP contribution >= 0.6 is 0 Å². The number of aromatic nitrogens is 3. The Kier molecular flexibility index (Phi) is 4.66. The molecular formula is C21H25N5O2. The van der Waals surface area contributed by atoms with E-state index >= 15 is 0 Å². The molecule has 0 saturated heterocycles. The van der Waals surface area contributed by atoms with Crippen LogP contribution in [0.4, 0.5) is 5.69 Å². The summed E-state index contributed by atoms with van der Waals surface area (Å²) in [5.41, 5.74) is 2.98. The highest BCUT2D eigenvalue weighted by atomic mass is 16.5. The molecule has 7 nitrogen and oxygen atoms in total. The van der Waals surface area contributed by atoms with E-state index in [9.17, 15) is 4.79 Å². The number of benzene rings is 1. The van der Waals surface area contributed by atoms with Gasteiger partial charge in [-0.25, -0.2) is 9.50 Å². The summed E-state index contributed by atoms with van der Waals surface area (Å²) in [6.45, 7) is 2.71. The van der Waals surface area contributed by atoms with Crippen LogP contribution in [0.5, 0.6) is 5.75 Å². The Morgan fingerprint density at radius 2 is 1.96 bits per heavy atom. The minimum atomic E-state index is -0.612. The second-order valence-electron chi connectivity index (χ2n) is 7.12. The highest BCUT2D eigenvalue weighted by Gasteiger charge is 2.54. The van der Waals surface area contributed by atoms with E-state index in [2.05, 4.69) is 10.6 Å². The molecule has 2 N–H and O–H groups in total. The SMILES string of the molecule is CCCNC(=O)C1(c2nc3c(OC)ccc(-c4ccc(NC)cc4)n3n2)CC1. The Morgan fingerprint density at radius 3 is 2.57 bits per heavy atom. The lowest BCUT2D eigenvalue weighted by atomic mass is 10.1. The van der Waals surface area contributed by atoms with Gasteiger partial charge in [0.15, 0.2) is 17.2 Å². The van der Waals surface area contributed by atoms with Crippen LogP contribution in [0.3, 0.4) is 0 Å². The molecule has 0 aliphatic heterocycles. The highest BCUT2D eigenvalue weighted by Crippen LogP contribution is 2.47. The van der Waals surface area contributed by atoms with Crippen molar-refractivity contribution in [2.45, 2.75) is 31.6 Å². The van der Waals surface area contributed by atoms with Crippen LogP contribution in [0.25, 0.3) is 16.9 Å². The number of nitrogens with one attached hydrogen (secondary N) is 2. The summed E-state index contributed by atoms with van der Waals surface area (Å²) in [7, 11) is 3.51. The van der Waals surface area contributed by atoms with E-state index in [4.69, 9.17) is 14.8 Å². The highest BCUT2D eigenvalue weighted by molar-refractivity contribution is 5.90. The molecule has 1 aromatic carbocycles. The predicted octanol–water partition coefficient (Wildman–Crippen LogP) is 3.00. The lowest BCUT2D eigenvalue weighted by Gasteiger charge is -2.11. The second-order valence-corrected chi connectivity index (χ2v) is 7.12. The molecule has 0 bridgehead atoms. The van der Waals surface area contributed by atoms with Gasteiger partial charge in [-0.1, -0.05) is 19.1 Å². The zero-order valence-corrected chi connectivity index (χ0v) is 16.5. The first-order valence-electron chi connectivity index (χ1n) is 9.63. The number of hydrogen-bond acceptors (Lipinski definition) is 5. The molecule has 7 heteroatoms. The molecule has 1 aliphatic rings. The Balaban J connectivity index is 1.80. The largest absolute Gasteiger partial charge is 0.493 e. The van der Waals surface area contributed by atoms with Crippen molar-refractivity contribution < 1.29 is 9.53 Å². The van der Waals surface area contributed by atoms with Gasteiger partial charge in [-0.05, 0) is 43.5 Å². The number of amides is 1. The Bertz CT molecular complexity index is 1010. The summed E-state index contributed by atoms with van der Waals surface area (Å²) >= 11 is 0. The van der Waals surface area contributed by atoms with Crippen molar-refractivity contribution in [3.8, 4) is 17.0 Å². The van der Waals surface area contributed by atoms with Gasteiger partial charge in [0.2, 0.25) is 5.91 Å². The first kappa shape index (κ1) is 18.3. The summed E-state index contributed by atoms with van der Waals surface area (Å²) in [4.78, 5) is 17.4. The van der Waals surface area contributed by atoms with Gasteiger partial charge in [-0.2, -0.15) is 0 Å². The van der Waals surface area contributed by atoms with Gasteiger partial charge >= 0.3 is 0 Å². The summed E-state index contributed by atoms with van der Waals surface area (Å²) in [5.74, 6) is 1.22. The van der Waals surface area contributed by atoms with E-state index < -0.39 is 5.41 Å². The number of anilines is 1. The molecule has 3 aromatic rings. The Morgan fingerprint density at radius 1 is 1.21 bits per heavy atom. The number of fused-ring (bicyclic) bond motifs is 1. The fourth-order valence-corrected chi connectivity index (χ4v) is 3.41. The Labute approximate surface area is 164 Å². The molecular weight excluding hydrogens is 354 g/mol. The van der Waals surface area contributed by atoms with Gasteiger partial charge in [0, 0.05) is 24.8 Å². The van der Waals surface area contributed by atoms with Crippen LogP contribution in [0.2, 0.25) is 0 Å². The third kappa shape index (κ3) is 2.96. The quantitative estimate of drug-likeness (QED) is 0.660. The Hall–Kier alpha value is -3.09. The molecule has 28 heavy (non-hydrogen) atoms. The summed E-state index contributed by atoms with van der Waals surface area (Å²) in [6, 6.07) is 12.0. The van der Waals surface area contributed by atoms with Crippen LogP contribution in [0, 0.1) is 0 Å². The van der Waals surface area contributed by atoms with Crippen molar-refractivity contribution in [2.24, 2.45) is 0 Å². The maximum Gasteiger partial charge on any atom is 0.233 e. The molecule has 2 heterocycles. The van der Waals surface area contributed by atoms with Gasteiger partial charge < -0.3 is 15.4 Å². The molecule has 0 spiro atoms. The summed E-state index contributed by atoms with van der Waals surface area (Å²) in [5, 5.41) is 10.9. The normalized spacial score (nSPS) is 14.7. The van der Waals surface area contributed by atoms with Crippen molar-refractivity contribution >= 4 is 17.2 Å². The molecule has 4 rings (SSSR count). The molecule has 1 fully saturated rings. The molecule has 146 valence electrons. The van der Waals surface area contributed by atoms with E-state index in [0.29, 0.717) is 23.8 Å². The molecule has 0 atom stereocenters. The fraction of sp³-hybridized carbons (Fsp3) is 0.381. The van der Waals surface area contributed by atoms with Crippen LogP contribution in [0.15, 0.2) is 36.4 Å². The first-order chi connectivity index (χ1) is 13.6. The van der Waals surface area contributed by atoms with Gasteiger partial charge in [-0.3, -0.25) is 4.79 Å². The van der Waals surface area contributed by atoms with Gasteiger partial charge in [0.1, 0.15) is 5.41 Å². The monoisotopic (exact) mass is 379 g/mol. The lowest BCUT2D eigenvalue weighted by molar-refractivity contribution is -0.123. The van der Waals surface area contributed by atoms with Crippen LogP contribution in [-0.2, 0) is 10.2 Å². The smallest absolute Gasteiger partial charge is 0.233 e. The minimum Gasteiger partial charge on any atom is -0.493 e.